The maximum absolute atomic E-state index is 11.4. The summed E-state index contributed by atoms with van der Waals surface area (Å²) in [4.78, 5) is 11.4. The molecule has 1 aliphatic rings. The van der Waals surface area contributed by atoms with Crippen LogP contribution in [0.4, 0.5) is 0 Å². The number of benzene rings is 1. The Morgan fingerprint density at radius 2 is 2.11 bits per heavy atom. The second kappa shape index (κ2) is 4.46. The van der Waals surface area contributed by atoms with Crippen molar-refractivity contribution in [1.82, 2.24) is 0 Å². The molecule has 4 heteroatoms. The molecule has 0 amide bonds. The van der Waals surface area contributed by atoms with Crippen LogP contribution < -0.4 is 9.47 Å². The Morgan fingerprint density at radius 1 is 1.44 bits per heavy atom. The average Bonchev–Trinajstić information content (AvgIpc) is 2.66. The van der Waals surface area contributed by atoms with E-state index in [4.69, 9.17) is 9.47 Å². The van der Waals surface area contributed by atoms with E-state index in [2.05, 4.69) is 6.58 Å². The largest absolute Gasteiger partial charge is 0.493 e. The molecule has 1 aromatic carbocycles. The third-order valence-corrected chi connectivity index (χ3v) is 3.05. The molecule has 0 aromatic heterocycles. The van der Waals surface area contributed by atoms with Crippen LogP contribution in [0.15, 0.2) is 24.3 Å². The van der Waals surface area contributed by atoms with Gasteiger partial charge in [-0.3, -0.25) is 4.79 Å². The van der Waals surface area contributed by atoms with E-state index in [1.54, 1.807) is 19.1 Å². The van der Waals surface area contributed by atoms with Gasteiger partial charge in [-0.1, -0.05) is 6.58 Å². The number of carbonyl (C=O) groups excluding carboxylic acids is 1. The van der Waals surface area contributed by atoms with Crippen molar-refractivity contribution >= 4 is 5.78 Å². The highest BCUT2D eigenvalue weighted by Gasteiger charge is 2.36. The molecule has 4 nitrogen and oxygen atoms in total. The zero-order valence-corrected chi connectivity index (χ0v) is 10.7. The first kappa shape index (κ1) is 12.6. The molecule has 2 rings (SSSR count). The summed E-state index contributed by atoms with van der Waals surface area (Å²) in [7, 11) is 1.50. The zero-order valence-electron chi connectivity index (χ0n) is 10.7. The molecule has 0 bridgehead atoms. The lowest BCUT2D eigenvalue weighted by Gasteiger charge is -2.13. The second-order valence-electron chi connectivity index (χ2n) is 4.48. The van der Waals surface area contributed by atoms with E-state index in [1.807, 2.05) is 0 Å². The topological polar surface area (TPSA) is 55.8 Å². The maximum atomic E-state index is 11.4. The molecule has 0 aliphatic carbocycles. The summed E-state index contributed by atoms with van der Waals surface area (Å²) in [6, 6.07) is 3.27. The van der Waals surface area contributed by atoms with Gasteiger partial charge >= 0.3 is 0 Å². The SMILES string of the molecule is C=C(C)[C@@H]1Oc2c(OC)cc(C(C)=O)cc2[C@H]1O. The van der Waals surface area contributed by atoms with Crippen LogP contribution in [0.3, 0.4) is 0 Å². The van der Waals surface area contributed by atoms with E-state index in [9.17, 15) is 9.90 Å². The third-order valence-electron chi connectivity index (χ3n) is 3.05. The van der Waals surface area contributed by atoms with Crippen LogP contribution >= 0.6 is 0 Å². The van der Waals surface area contributed by atoms with Crippen LogP contribution in [0.5, 0.6) is 11.5 Å². The number of aliphatic hydroxyl groups is 1. The lowest BCUT2D eigenvalue weighted by atomic mass is 9.99. The normalized spacial score (nSPS) is 21.1. The molecule has 2 atom stereocenters. The van der Waals surface area contributed by atoms with Gasteiger partial charge in [-0.25, -0.2) is 0 Å². The minimum absolute atomic E-state index is 0.0814. The molecule has 1 aromatic rings. The lowest BCUT2D eigenvalue weighted by molar-refractivity contribution is 0.0891. The van der Waals surface area contributed by atoms with Gasteiger partial charge in [-0.05, 0) is 31.6 Å². The number of hydrogen-bond acceptors (Lipinski definition) is 4. The van der Waals surface area contributed by atoms with E-state index in [1.165, 1.54) is 14.0 Å². The molecule has 0 radical (unpaired) electrons. The summed E-state index contributed by atoms with van der Waals surface area (Å²) in [6.45, 7) is 7.05. The number of carbonyl (C=O) groups is 1. The minimum Gasteiger partial charge on any atom is -0.493 e. The van der Waals surface area contributed by atoms with E-state index in [0.717, 1.165) is 5.57 Å². The summed E-state index contributed by atoms with van der Waals surface area (Å²) in [5.41, 5.74) is 1.80. The van der Waals surface area contributed by atoms with Crippen molar-refractivity contribution in [3.63, 3.8) is 0 Å². The van der Waals surface area contributed by atoms with Gasteiger partial charge in [0.15, 0.2) is 17.3 Å². The first-order valence-electron chi connectivity index (χ1n) is 5.68. The molecule has 1 aliphatic heterocycles. The van der Waals surface area contributed by atoms with Crippen LogP contribution in [-0.4, -0.2) is 24.1 Å². The number of ether oxygens (including phenoxy) is 2. The quantitative estimate of drug-likeness (QED) is 0.658. The summed E-state index contributed by atoms with van der Waals surface area (Å²) >= 11 is 0. The molecule has 0 fully saturated rings. The highest BCUT2D eigenvalue weighted by atomic mass is 16.5. The van der Waals surface area contributed by atoms with Gasteiger partial charge in [-0.15, -0.1) is 0 Å². The Morgan fingerprint density at radius 3 is 2.61 bits per heavy atom. The van der Waals surface area contributed by atoms with E-state index >= 15 is 0 Å². The summed E-state index contributed by atoms with van der Waals surface area (Å²) in [5.74, 6) is 0.866. The Labute approximate surface area is 106 Å². The molecular weight excluding hydrogens is 232 g/mol. The van der Waals surface area contributed by atoms with Gasteiger partial charge in [0.25, 0.3) is 0 Å². The van der Waals surface area contributed by atoms with Crippen LogP contribution in [0.2, 0.25) is 0 Å². The van der Waals surface area contributed by atoms with Crippen molar-refractivity contribution in [2.45, 2.75) is 26.1 Å². The number of hydrogen-bond donors (Lipinski definition) is 1. The van der Waals surface area contributed by atoms with Gasteiger partial charge < -0.3 is 14.6 Å². The molecular formula is C14H16O4. The molecule has 0 unspecified atom stereocenters. The van der Waals surface area contributed by atoms with Gasteiger partial charge in [-0.2, -0.15) is 0 Å². The minimum atomic E-state index is -0.814. The van der Waals surface area contributed by atoms with E-state index < -0.39 is 12.2 Å². The van der Waals surface area contributed by atoms with Crippen molar-refractivity contribution in [1.29, 1.82) is 0 Å². The van der Waals surface area contributed by atoms with Crippen molar-refractivity contribution in [2.75, 3.05) is 7.11 Å². The van der Waals surface area contributed by atoms with Crippen molar-refractivity contribution < 1.29 is 19.4 Å². The maximum Gasteiger partial charge on any atom is 0.168 e. The van der Waals surface area contributed by atoms with Crippen LogP contribution in [0.25, 0.3) is 0 Å². The molecule has 0 spiro atoms. The molecule has 0 saturated carbocycles. The number of rotatable bonds is 3. The smallest absolute Gasteiger partial charge is 0.168 e. The summed E-state index contributed by atoms with van der Waals surface area (Å²) < 4.78 is 10.9. The molecule has 96 valence electrons. The highest BCUT2D eigenvalue weighted by molar-refractivity contribution is 5.95. The van der Waals surface area contributed by atoms with Crippen LogP contribution in [-0.2, 0) is 0 Å². The van der Waals surface area contributed by atoms with Crippen LogP contribution in [0.1, 0.15) is 35.9 Å². The standard InChI is InChI=1S/C14H16O4/c1-7(2)13-12(16)10-5-9(8(3)15)6-11(17-4)14(10)18-13/h5-6,12-13,16H,1H2,2-4H3/t12-,13+/m1/s1. The van der Waals surface area contributed by atoms with E-state index in [0.29, 0.717) is 22.6 Å². The van der Waals surface area contributed by atoms with Gasteiger partial charge in [0.2, 0.25) is 0 Å². The molecule has 1 heterocycles. The van der Waals surface area contributed by atoms with Crippen LogP contribution in [0, 0.1) is 0 Å². The first-order chi connectivity index (χ1) is 8.45. The summed E-state index contributed by atoms with van der Waals surface area (Å²) in [6.07, 6.45) is -1.30. The third kappa shape index (κ3) is 1.88. The number of fused-ring (bicyclic) bond motifs is 1. The van der Waals surface area contributed by atoms with Crippen molar-refractivity contribution in [3.8, 4) is 11.5 Å². The lowest BCUT2D eigenvalue weighted by Crippen LogP contribution is -2.19. The van der Waals surface area contributed by atoms with Crippen molar-refractivity contribution in [3.05, 3.63) is 35.4 Å². The van der Waals surface area contributed by atoms with Gasteiger partial charge in [0.05, 0.1) is 7.11 Å². The first-order valence-corrected chi connectivity index (χ1v) is 5.68. The molecule has 18 heavy (non-hydrogen) atoms. The number of methoxy groups -OCH3 is 1. The fourth-order valence-corrected chi connectivity index (χ4v) is 2.05. The van der Waals surface area contributed by atoms with Gasteiger partial charge in [0.1, 0.15) is 12.2 Å². The number of aliphatic hydroxyl groups excluding tert-OH is 1. The van der Waals surface area contributed by atoms with Gasteiger partial charge in [0, 0.05) is 11.1 Å². The number of ketones is 1. The Bertz CT molecular complexity index is 519. The average molecular weight is 248 g/mol. The predicted octanol–water partition coefficient (Wildman–Crippen LogP) is 2.27. The van der Waals surface area contributed by atoms with E-state index in [-0.39, 0.29) is 5.78 Å². The second-order valence-corrected chi connectivity index (χ2v) is 4.48. The predicted molar refractivity (Wildman–Crippen MR) is 67.2 cm³/mol. The van der Waals surface area contributed by atoms with Crippen molar-refractivity contribution in [2.24, 2.45) is 0 Å². The number of Topliss-reactive ketones (excluding diaryl/α,β-unsaturated/α-hetero) is 1. The molecule has 1 N–H and O–H groups in total. The Kier molecular flexibility index (Phi) is 3.13. The summed E-state index contributed by atoms with van der Waals surface area (Å²) in [5, 5.41) is 10.2. The Balaban J connectivity index is 2.55. The zero-order chi connectivity index (χ0) is 13.4. The Hall–Kier alpha value is -1.81. The molecule has 0 saturated heterocycles. The monoisotopic (exact) mass is 248 g/mol. The fourth-order valence-electron chi connectivity index (χ4n) is 2.05. The fraction of sp³-hybridized carbons (Fsp3) is 0.357. The highest BCUT2D eigenvalue weighted by Crippen LogP contribution is 2.45.